The van der Waals surface area contributed by atoms with Crippen molar-refractivity contribution in [2.75, 3.05) is 26.5 Å². The maximum absolute atomic E-state index is 11.1. The van der Waals surface area contributed by atoms with Crippen LogP contribution in [-0.2, 0) is 14.8 Å². The smallest absolute Gasteiger partial charge is 0.211 e. The van der Waals surface area contributed by atoms with Gasteiger partial charge in [-0.25, -0.2) is 8.42 Å². The Morgan fingerprint density at radius 3 is 2.67 bits per heavy atom. The summed E-state index contributed by atoms with van der Waals surface area (Å²) in [5.41, 5.74) is 0. The Hall–Kier alpha value is -0.130. The number of nitrogens with zero attached hydrogens (tertiary/aromatic N) is 1. The van der Waals surface area contributed by atoms with Gasteiger partial charge in [-0.1, -0.05) is 0 Å². The van der Waals surface area contributed by atoms with Crippen LogP contribution < -0.4 is 0 Å². The lowest BCUT2D eigenvalue weighted by molar-refractivity contribution is 0.0574. The fourth-order valence-electron chi connectivity index (χ4n) is 1.40. The van der Waals surface area contributed by atoms with E-state index in [1.165, 1.54) is 10.6 Å². The summed E-state index contributed by atoms with van der Waals surface area (Å²) in [6.07, 6.45) is 3.17. The summed E-state index contributed by atoms with van der Waals surface area (Å²) in [5.74, 6) is 0. The molecule has 0 spiro atoms. The standard InChI is InChI=1S/C7H15NO3S/c1-11-7-4-3-5-8(6-7)12(2,9)10/h7H,3-6H2,1-2H3. The summed E-state index contributed by atoms with van der Waals surface area (Å²) >= 11 is 0. The van der Waals surface area contributed by atoms with E-state index < -0.39 is 10.0 Å². The van der Waals surface area contributed by atoms with Crippen molar-refractivity contribution in [2.24, 2.45) is 0 Å². The van der Waals surface area contributed by atoms with E-state index in [2.05, 4.69) is 0 Å². The van der Waals surface area contributed by atoms with Crippen LogP contribution >= 0.6 is 0 Å². The second-order valence-corrected chi connectivity index (χ2v) is 5.10. The molecule has 4 nitrogen and oxygen atoms in total. The van der Waals surface area contributed by atoms with Crippen LogP contribution in [0.4, 0.5) is 0 Å². The number of ether oxygens (including phenoxy) is 1. The number of methoxy groups -OCH3 is 1. The van der Waals surface area contributed by atoms with E-state index in [0.717, 1.165) is 12.8 Å². The molecule has 0 amide bonds. The van der Waals surface area contributed by atoms with E-state index in [-0.39, 0.29) is 6.10 Å². The molecule has 1 heterocycles. The molecule has 1 atom stereocenters. The predicted octanol–water partition coefficient (Wildman–Crippen LogP) is 0.0568. The highest BCUT2D eigenvalue weighted by Gasteiger charge is 2.25. The van der Waals surface area contributed by atoms with Crippen molar-refractivity contribution in [1.82, 2.24) is 4.31 Å². The summed E-state index contributed by atoms with van der Waals surface area (Å²) in [6.45, 7) is 1.15. The zero-order valence-corrected chi connectivity index (χ0v) is 8.30. The van der Waals surface area contributed by atoms with Crippen LogP contribution in [-0.4, -0.2) is 45.3 Å². The minimum atomic E-state index is -3.02. The lowest BCUT2D eigenvalue weighted by Crippen LogP contribution is -2.42. The number of rotatable bonds is 2. The molecule has 72 valence electrons. The Balaban J connectivity index is 2.58. The van der Waals surface area contributed by atoms with E-state index in [4.69, 9.17) is 4.74 Å². The summed E-state index contributed by atoms with van der Waals surface area (Å²) in [5, 5.41) is 0. The Morgan fingerprint density at radius 2 is 2.17 bits per heavy atom. The van der Waals surface area contributed by atoms with Crippen LogP contribution in [0.5, 0.6) is 0 Å². The molecule has 0 aromatic rings. The Morgan fingerprint density at radius 1 is 1.50 bits per heavy atom. The van der Waals surface area contributed by atoms with Gasteiger partial charge in [-0.3, -0.25) is 0 Å². The minimum Gasteiger partial charge on any atom is -0.380 e. The third-order valence-electron chi connectivity index (χ3n) is 2.14. The van der Waals surface area contributed by atoms with Crippen molar-refractivity contribution < 1.29 is 13.2 Å². The molecule has 1 aliphatic rings. The fourth-order valence-corrected chi connectivity index (χ4v) is 2.30. The summed E-state index contributed by atoms with van der Waals surface area (Å²) in [4.78, 5) is 0. The van der Waals surface area contributed by atoms with Crippen molar-refractivity contribution in [1.29, 1.82) is 0 Å². The molecule has 0 bridgehead atoms. The highest BCUT2D eigenvalue weighted by atomic mass is 32.2. The average molecular weight is 193 g/mol. The largest absolute Gasteiger partial charge is 0.380 e. The molecule has 0 N–H and O–H groups in total. The number of sulfonamides is 1. The van der Waals surface area contributed by atoms with Gasteiger partial charge in [-0.15, -0.1) is 0 Å². The molecule has 1 fully saturated rings. The summed E-state index contributed by atoms with van der Waals surface area (Å²) in [7, 11) is -1.39. The van der Waals surface area contributed by atoms with Gasteiger partial charge in [-0.05, 0) is 12.8 Å². The first-order valence-corrected chi connectivity index (χ1v) is 5.87. The van der Waals surface area contributed by atoms with E-state index >= 15 is 0 Å². The number of piperidine rings is 1. The van der Waals surface area contributed by atoms with E-state index in [9.17, 15) is 8.42 Å². The van der Waals surface area contributed by atoms with Crippen LogP contribution in [0.15, 0.2) is 0 Å². The summed E-state index contributed by atoms with van der Waals surface area (Å²) < 4.78 is 28.8. The predicted molar refractivity (Wildman–Crippen MR) is 46.4 cm³/mol. The van der Waals surface area contributed by atoms with Gasteiger partial charge in [0.1, 0.15) is 0 Å². The van der Waals surface area contributed by atoms with Crippen molar-refractivity contribution in [2.45, 2.75) is 18.9 Å². The SMILES string of the molecule is COC1CCCN(S(C)(=O)=O)C1. The highest BCUT2D eigenvalue weighted by molar-refractivity contribution is 7.88. The molecule has 0 aliphatic carbocycles. The molecule has 0 aromatic carbocycles. The zero-order chi connectivity index (χ0) is 9.19. The van der Waals surface area contributed by atoms with Gasteiger partial charge in [0.25, 0.3) is 0 Å². The normalized spacial score (nSPS) is 27.3. The van der Waals surface area contributed by atoms with Gasteiger partial charge in [0.15, 0.2) is 0 Å². The first kappa shape index (κ1) is 9.95. The first-order chi connectivity index (χ1) is 5.54. The molecule has 0 saturated carbocycles. The molecule has 5 heteroatoms. The molecule has 1 unspecified atom stereocenters. The second kappa shape index (κ2) is 3.72. The van der Waals surface area contributed by atoms with Crippen LogP contribution in [0.3, 0.4) is 0 Å². The Labute approximate surface area is 73.6 Å². The quantitative estimate of drug-likeness (QED) is 0.623. The molecule has 1 aliphatic heterocycles. The van der Waals surface area contributed by atoms with Crippen molar-refractivity contribution in [3.63, 3.8) is 0 Å². The number of hydrogen-bond acceptors (Lipinski definition) is 3. The average Bonchev–Trinajstić information content (AvgIpc) is 2.03. The van der Waals surface area contributed by atoms with Gasteiger partial charge in [0.05, 0.1) is 12.4 Å². The Kier molecular flexibility index (Phi) is 3.09. The lowest BCUT2D eigenvalue weighted by Gasteiger charge is -2.29. The number of hydrogen-bond donors (Lipinski definition) is 0. The third-order valence-corrected chi connectivity index (χ3v) is 3.41. The van der Waals surface area contributed by atoms with Gasteiger partial charge in [-0.2, -0.15) is 4.31 Å². The third kappa shape index (κ3) is 2.43. The molecular formula is C7H15NO3S. The van der Waals surface area contributed by atoms with Crippen molar-refractivity contribution >= 4 is 10.0 Å². The molecule has 0 aromatic heterocycles. The second-order valence-electron chi connectivity index (χ2n) is 3.12. The minimum absolute atomic E-state index is 0.0773. The molecule has 0 radical (unpaired) electrons. The van der Waals surface area contributed by atoms with Gasteiger partial charge >= 0.3 is 0 Å². The molecule has 1 saturated heterocycles. The van der Waals surface area contributed by atoms with E-state index in [0.29, 0.717) is 13.1 Å². The maximum atomic E-state index is 11.1. The molecule has 12 heavy (non-hydrogen) atoms. The van der Waals surface area contributed by atoms with E-state index in [1.807, 2.05) is 0 Å². The van der Waals surface area contributed by atoms with Crippen LogP contribution in [0.2, 0.25) is 0 Å². The topological polar surface area (TPSA) is 46.6 Å². The van der Waals surface area contributed by atoms with Crippen LogP contribution in [0.1, 0.15) is 12.8 Å². The first-order valence-electron chi connectivity index (χ1n) is 4.02. The zero-order valence-electron chi connectivity index (χ0n) is 7.49. The summed E-state index contributed by atoms with van der Waals surface area (Å²) in [6, 6.07) is 0. The van der Waals surface area contributed by atoms with Crippen LogP contribution in [0.25, 0.3) is 0 Å². The van der Waals surface area contributed by atoms with Crippen molar-refractivity contribution in [3.05, 3.63) is 0 Å². The highest BCUT2D eigenvalue weighted by Crippen LogP contribution is 2.14. The van der Waals surface area contributed by atoms with Crippen molar-refractivity contribution in [3.8, 4) is 0 Å². The maximum Gasteiger partial charge on any atom is 0.211 e. The Bertz CT molecular complexity index is 237. The monoisotopic (exact) mass is 193 g/mol. The van der Waals surface area contributed by atoms with Crippen LogP contribution in [0, 0.1) is 0 Å². The fraction of sp³-hybridized carbons (Fsp3) is 1.00. The lowest BCUT2D eigenvalue weighted by atomic mass is 10.1. The van der Waals surface area contributed by atoms with Gasteiger partial charge in [0, 0.05) is 20.2 Å². The van der Waals surface area contributed by atoms with E-state index in [1.54, 1.807) is 7.11 Å². The molecule has 1 rings (SSSR count). The molecular weight excluding hydrogens is 178 g/mol. The van der Waals surface area contributed by atoms with Gasteiger partial charge < -0.3 is 4.74 Å². The van der Waals surface area contributed by atoms with Gasteiger partial charge in [0.2, 0.25) is 10.0 Å².